The van der Waals surface area contributed by atoms with Crippen LogP contribution in [-0.4, -0.2) is 24.0 Å². The molecule has 0 N–H and O–H groups in total. The van der Waals surface area contributed by atoms with Crippen molar-refractivity contribution in [2.24, 2.45) is 9.98 Å². The Morgan fingerprint density at radius 1 is 1.64 bits per heavy atom. The summed E-state index contributed by atoms with van der Waals surface area (Å²) in [6, 6.07) is 3.85. The number of aliphatic imine (C=N–C) groups is 2. The molecule has 1 rings (SSSR count). The molecule has 0 radical (unpaired) electrons. The molecule has 0 fully saturated rings. The third-order valence-corrected chi connectivity index (χ3v) is 1.62. The van der Waals surface area contributed by atoms with Crippen molar-refractivity contribution in [1.29, 1.82) is 0 Å². The van der Waals surface area contributed by atoms with E-state index in [2.05, 4.69) is 21.7 Å². The molecule has 0 aliphatic carbocycles. The van der Waals surface area contributed by atoms with E-state index >= 15 is 0 Å². The van der Waals surface area contributed by atoms with Crippen LogP contribution in [0.25, 0.3) is 0 Å². The highest BCUT2D eigenvalue weighted by Crippen LogP contribution is 2.00. The van der Waals surface area contributed by atoms with Crippen LogP contribution in [0, 0.1) is 0 Å². The fourth-order valence-electron chi connectivity index (χ4n) is 1.05. The predicted molar refractivity (Wildman–Crippen MR) is 60.0 cm³/mol. The summed E-state index contributed by atoms with van der Waals surface area (Å²) in [6.07, 6.45) is 6.97. The summed E-state index contributed by atoms with van der Waals surface area (Å²) >= 11 is 0. The van der Waals surface area contributed by atoms with E-state index in [1.165, 1.54) is 0 Å². The first-order valence-corrected chi connectivity index (χ1v) is 4.45. The SMILES string of the molecule is C=N/C=C\C(=NCC)c1cccnc1. The van der Waals surface area contributed by atoms with Crippen LogP contribution in [0.2, 0.25) is 0 Å². The van der Waals surface area contributed by atoms with Crippen LogP contribution in [0.3, 0.4) is 0 Å². The van der Waals surface area contributed by atoms with E-state index in [1.54, 1.807) is 18.6 Å². The Hall–Kier alpha value is -1.77. The summed E-state index contributed by atoms with van der Waals surface area (Å²) in [4.78, 5) is 12.0. The molecule has 0 amide bonds. The van der Waals surface area contributed by atoms with Crippen molar-refractivity contribution in [1.82, 2.24) is 4.98 Å². The van der Waals surface area contributed by atoms with Gasteiger partial charge >= 0.3 is 0 Å². The molecule has 0 aliphatic rings. The Labute approximate surface area is 83.9 Å². The lowest BCUT2D eigenvalue weighted by atomic mass is 10.2. The molecule has 1 aromatic rings. The number of allylic oxidation sites excluding steroid dienone is 1. The Morgan fingerprint density at radius 2 is 2.50 bits per heavy atom. The first-order valence-electron chi connectivity index (χ1n) is 4.45. The molecule has 72 valence electrons. The van der Waals surface area contributed by atoms with Gasteiger partial charge in [-0.2, -0.15) is 0 Å². The first-order chi connectivity index (χ1) is 6.88. The average molecular weight is 187 g/mol. The highest BCUT2D eigenvalue weighted by atomic mass is 14.7. The van der Waals surface area contributed by atoms with E-state index in [0.717, 1.165) is 17.8 Å². The molecule has 0 atom stereocenters. The van der Waals surface area contributed by atoms with Gasteiger partial charge in [-0.1, -0.05) is 0 Å². The number of pyridine rings is 1. The Balaban J connectivity index is 2.95. The summed E-state index contributed by atoms with van der Waals surface area (Å²) < 4.78 is 0. The zero-order chi connectivity index (χ0) is 10.2. The van der Waals surface area contributed by atoms with Crippen LogP contribution < -0.4 is 0 Å². The van der Waals surface area contributed by atoms with Gasteiger partial charge < -0.3 is 0 Å². The normalized spacial score (nSPS) is 11.9. The van der Waals surface area contributed by atoms with E-state index in [9.17, 15) is 0 Å². The summed E-state index contributed by atoms with van der Waals surface area (Å²) in [6.45, 7) is 6.11. The molecule has 0 spiro atoms. The minimum atomic E-state index is 0.742. The Kier molecular flexibility index (Phi) is 4.27. The monoisotopic (exact) mass is 187 g/mol. The van der Waals surface area contributed by atoms with Crippen LogP contribution in [0.1, 0.15) is 12.5 Å². The zero-order valence-corrected chi connectivity index (χ0v) is 8.22. The summed E-state index contributed by atoms with van der Waals surface area (Å²) in [5, 5.41) is 0. The van der Waals surface area contributed by atoms with Crippen molar-refractivity contribution in [3.05, 3.63) is 42.4 Å². The molecule has 1 aromatic heterocycles. The van der Waals surface area contributed by atoms with E-state index in [-0.39, 0.29) is 0 Å². The quantitative estimate of drug-likeness (QED) is 0.665. The van der Waals surface area contributed by atoms with E-state index in [4.69, 9.17) is 0 Å². The largest absolute Gasteiger partial charge is 0.285 e. The summed E-state index contributed by atoms with van der Waals surface area (Å²) in [5.74, 6) is 0. The van der Waals surface area contributed by atoms with Gasteiger partial charge in [-0.25, -0.2) is 0 Å². The Morgan fingerprint density at radius 3 is 3.07 bits per heavy atom. The topological polar surface area (TPSA) is 37.6 Å². The zero-order valence-electron chi connectivity index (χ0n) is 8.22. The standard InChI is InChI=1S/C11H13N3/c1-3-14-11(6-8-12-2)10-5-4-7-13-9-10/h4-9H,2-3H2,1H3/b8-6-,14-11?. The number of nitrogens with zero attached hydrogens (tertiary/aromatic N) is 3. The van der Waals surface area contributed by atoms with Crippen molar-refractivity contribution < 1.29 is 0 Å². The average Bonchev–Trinajstić information content (AvgIpc) is 2.25. The van der Waals surface area contributed by atoms with Crippen molar-refractivity contribution in [2.75, 3.05) is 6.54 Å². The maximum absolute atomic E-state index is 4.33. The number of aromatic nitrogens is 1. The highest BCUT2D eigenvalue weighted by molar-refractivity contribution is 6.08. The third kappa shape index (κ3) is 2.94. The molecular weight excluding hydrogens is 174 g/mol. The fraction of sp³-hybridized carbons (Fsp3) is 0.182. The molecule has 0 bridgehead atoms. The van der Waals surface area contributed by atoms with Crippen molar-refractivity contribution in [3.8, 4) is 0 Å². The molecule has 0 unspecified atom stereocenters. The third-order valence-electron chi connectivity index (χ3n) is 1.62. The lowest BCUT2D eigenvalue weighted by Gasteiger charge is -1.99. The lowest BCUT2D eigenvalue weighted by Crippen LogP contribution is -1.97. The molecule has 14 heavy (non-hydrogen) atoms. The van der Waals surface area contributed by atoms with Gasteiger partial charge in [0.1, 0.15) is 0 Å². The van der Waals surface area contributed by atoms with Gasteiger partial charge in [0.25, 0.3) is 0 Å². The van der Waals surface area contributed by atoms with E-state index in [1.807, 2.05) is 25.1 Å². The molecule has 0 aliphatic heterocycles. The van der Waals surface area contributed by atoms with Crippen LogP contribution in [0.15, 0.2) is 46.8 Å². The minimum Gasteiger partial charge on any atom is -0.285 e. The van der Waals surface area contributed by atoms with Gasteiger partial charge in [-0.05, 0) is 31.9 Å². The summed E-state index contributed by atoms with van der Waals surface area (Å²) in [7, 11) is 0. The van der Waals surface area contributed by atoms with Crippen LogP contribution in [0.5, 0.6) is 0 Å². The van der Waals surface area contributed by atoms with Crippen LogP contribution in [0.4, 0.5) is 0 Å². The Bertz CT molecular complexity index is 339. The molecule has 1 heterocycles. The lowest BCUT2D eigenvalue weighted by molar-refractivity contribution is 1.13. The number of hydrogen-bond donors (Lipinski definition) is 0. The maximum Gasteiger partial charge on any atom is 0.0677 e. The first kappa shape index (κ1) is 10.3. The van der Waals surface area contributed by atoms with E-state index in [0.29, 0.717) is 0 Å². The number of rotatable bonds is 4. The van der Waals surface area contributed by atoms with Gasteiger partial charge in [-0.3, -0.25) is 15.0 Å². The second kappa shape index (κ2) is 5.80. The van der Waals surface area contributed by atoms with Gasteiger partial charge in [0, 0.05) is 30.7 Å². The van der Waals surface area contributed by atoms with Gasteiger partial charge in [0.2, 0.25) is 0 Å². The van der Waals surface area contributed by atoms with Crippen LogP contribution in [-0.2, 0) is 0 Å². The van der Waals surface area contributed by atoms with Gasteiger partial charge in [0.05, 0.1) is 5.71 Å². The van der Waals surface area contributed by atoms with Crippen molar-refractivity contribution in [2.45, 2.75) is 6.92 Å². The fourth-order valence-corrected chi connectivity index (χ4v) is 1.05. The molecule has 3 heteroatoms. The van der Waals surface area contributed by atoms with Crippen LogP contribution >= 0.6 is 0 Å². The molecule has 0 saturated heterocycles. The minimum absolute atomic E-state index is 0.742. The summed E-state index contributed by atoms with van der Waals surface area (Å²) in [5.41, 5.74) is 1.88. The second-order valence-electron chi connectivity index (χ2n) is 2.60. The number of hydrogen-bond acceptors (Lipinski definition) is 3. The smallest absolute Gasteiger partial charge is 0.0677 e. The van der Waals surface area contributed by atoms with E-state index < -0.39 is 0 Å². The highest BCUT2D eigenvalue weighted by Gasteiger charge is 1.97. The molecule has 3 nitrogen and oxygen atoms in total. The molecule has 0 aromatic carbocycles. The van der Waals surface area contributed by atoms with Crippen molar-refractivity contribution >= 4 is 12.4 Å². The van der Waals surface area contributed by atoms with Gasteiger partial charge in [-0.15, -0.1) is 0 Å². The second-order valence-corrected chi connectivity index (χ2v) is 2.60. The maximum atomic E-state index is 4.33. The van der Waals surface area contributed by atoms with Crippen molar-refractivity contribution in [3.63, 3.8) is 0 Å². The van der Waals surface area contributed by atoms with Gasteiger partial charge in [0.15, 0.2) is 0 Å². The predicted octanol–water partition coefficient (Wildman–Crippen LogP) is 2.10. The molecule has 0 saturated carbocycles. The molecular formula is C11H13N3.